The number of carboxylic acid groups (broad SMARTS) is 1. The number of hydrogen-bond acceptors (Lipinski definition) is 11. The normalized spacial score (nSPS) is 30.0. The van der Waals surface area contributed by atoms with Crippen LogP contribution in [0.1, 0.15) is 79.7 Å². The molecule has 1 fully saturated rings. The van der Waals surface area contributed by atoms with Gasteiger partial charge in [0.05, 0.1) is 36.4 Å². The number of hydrogen-bond donors (Lipinski definition) is 6. The van der Waals surface area contributed by atoms with Gasteiger partial charge in [-0.25, -0.2) is 0 Å². The highest BCUT2D eigenvalue weighted by atomic mass is 16.6. The molecular weight excluding hydrogens is 696 g/mol. The summed E-state index contributed by atoms with van der Waals surface area (Å²) in [6.07, 6.45) is 8.34. The Kier molecular flexibility index (Phi) is 16.6. The molecule has 13 nitrogen and oxygen atoms in total. The molecule has 0 amide bonds. The summed E-state index contributed by atoms with van der Waals surface area (Å²) in [4.78, 5) is 36.3. The number of ether oxygens (including phenoxy) is 4. The smallest absolute Gasteiger partial charge is 0.309 e. The summed E-state index contributed by atoms with van der Waals surface area (Å²) in [5.74, 6) is -1.37. The Morgan fingerprint density at radius 1 is 1.22 bits per heavy atom. The third-order valence-corrected chi connectivity index (χ3v) is 10.3. The molecule has 0 saturated carbocycles. The van der Waals surface area contributed by atoms with Crippen molar-refractivity contribution in [2.45, 2.75) is 135 Å². The van der Waals surface area contributed by atoms with E-state index in [9.17, 15) is 24.9 Å². The van der Waals surface area contributed by atoms with Crippen LogP contribution in [0.2, 0.25) is 0 Å². The highest BCUT2D eigenvalue weighted by Crippen LogP contribution is 2.39. The summed E-state index contributed by atoms with van der Waals surface area (Å²) in [6.45, 7) is 12.7. The van der Waals surface area contributed by atoms with Crippen LogP contribution in [0.25, 0.3) is 10.9 Å². The molecule has 0 spiro atoms. The zero-order valence-electron chi connectivity index (χ0n) is 32.7. The van der Waals surface area contributed by atoms with Gasteiger partial charge in [0, 0.05) is 44.1 Å². The lowest BCUT2D eigenvalue weighted by molar-refractivity contribution is -0.157. The minimum absolute atomic E-state index is 0.0314. The predicted octanol–water partition coefficient (Wildman–Crippen LogP) is 4.74. The molecule has 2 aliphatic heterocycles. The number of carbonyl (C=O) groups is 3. The van der Waals surface area contributed by atoms with E-state index >= 15 is 0 Å². The second-order valence-corrected chi connectivity index (χ2v) is 14.9. The number of benzene rings is 1. The van der Waals surface area contributed by atoms with Gasteiger partial charge in [-0.1, -0.05) is 51.1 Å². The zero-order valence-corrected chi connectivity index (χ0v) is 32.7. The van der Waals surface area contributed by atoms with Gasteiger partial charge in [0.2, 0.25) is 0 Å². The minimum atomic E-state index is -1.46. The number of aliphatic hydroxyl groups is 3. The van der Waals surface area contributed by atoms with E-state index in [0.29, 0.717) is 12.1 Å². The van der Waals surface area contributed by atoms with Crippen molar-refractivity contribution in [2.75, 3.05) is 7.11 Å². The van der Waals surface area contributed by atoms with Crippen LogP contribution in [0.5, 0.6) is 0 Å². The van der Waals surface area contributed by atoms with Gasteiger partial charge in [-0.05, 0) is 80.8 Å². The van der Waals surface area contributed by atoms with Crippen molar-refractivity contribution >= 4 is 29.3 Å². The Labute approximate surface area is 318 Å². The first kappa shape index (κ1) is 44.5. The molecule has 0 bridgehead atoms. The Balaban J connectivity index is 0.00000253. The molecule has 1 aromatic carbocycles. The number of esters is 2. The fourth-order valence-electron chi connectivity index (χ4n) is 7.11. The molecule has 0 radical (unpaired) electrons. The maximum absolute atomic E-state index is 12.9. The summed E-state index contributed by atoms with van der Waals surface area (Å²) < 4.78 is 23.3. The molecular formula is C41H60N2O11. The van der Waals surface area contributed by atoms with E-state index in [1.165, 1.54) is 6.92 Å². The van der Waals surface area contributed by atoms with Gasteiger partial charge in [0.1, 0.15) is 23.9 Å². The first-order chi connectivity index (χ1) is 25.5. The average molecular weight is 757 g/mol. The first-order valence-electron chi connectivity index (χ1n) is 18.6. The third kappa shape index (κ3) is 12.6. The molecule has 4 rings (SSSR count). The van der Waals surface area contributed by atoms with Crippen molar-refractivity contribution in [2.24, 2.45) is 11.8 Å². The number of methoxy groups -OCH3 is 1. The number of cyclic esters (lactones) is 1. The molecule has 1 aromatic heterocycles. The fraction of sp³-hybridized carbons (Fsp3) is 0.585. The zero-order chi connectivity index (χ0) is 40.2. The van der Waals surface area contributed by atoms with Crippen molar-refractivity contribution in [3.63, 3.8) is 0 Å². The van der Waals surface area contributed by atoms with Gasteiger partial charge in [0.15, 0.2) is 0 Å². The van der Waals surface area contributed by atoms with Crippen LogP contribution in [-0.4, -0.2) is 105 Å². The highest BCUT2D eigenvalue weighted by molar-refractivity contribution is 5.79. The van der Waals surface area contributed by atoms with Crippen LogP contribution >= 0.6 is 0 Å². The van der Waals surface area contributed by atoms with Gasteiger partial charge >= 0.3 is 11.9 Å². The summed E-state index contributed by atoms with van der Waals surface area (Å²) in [5, 5.41) is 45.2. The largest absolute Gasteiger partial charge is 0.483 e. The molecule has 13 heteroatoms. The van der Waals surface area contributed by atoms with Gasteiger partial charge in [-0.2, -0.15) is 0 Å². The van der Waals surface area contributed by atoms with E-state index in [1.807, 2.05) is 32.2 Å². The van der Waals surface area contributed by atoms with Crippen molar-refractivity contribution in [1.29, 1.82) is 0 Å². The second kappa shape index (κ2) is 20.2. The van der Waals surface area contributed by atoms with Crippen LogP contribution in [-0.2, 0) is 39.9 Å². The van der Waals surface area contributed by atoms with Crippen molar-refractivity contribution in [3.05, 3.63) is 72.0 Å². The number of aromatic nitrogens is 1. The second-order valence-electron chi connectivity index (χ2n) is 14.9. The Morgan fingerprint density at radius 3 is 2.57 bits per heavy atom. The number of allylic oxidation sites excluding steroid dienone is 2. The summed E-state index contributed by atoms with van der Waals surface area (Å²) >= 11 is 0. The predicted molar refractivity (Wildman–Crippen MR) is 204 cm³/mol. The van der Waals surface area contributed by atoms with E-state index in [2.05, 4.69) is 36.3 Å². The van der Waals surface area contributed by atoms with Crippen LogP contribution in [0, 0.1) is 11.8 Å². The van der Waals surface area contributed by atoms with E-state index < -0.39 is 47.5 Å². The molecule has 3 heterocycles. The summed E-state index contributed by atoms with van der Waals surface area (Å²) in [6, 6.07) is 7.79. The number of aromatic amines is 1. The lowest BCUT2D eigenvalue weighted by atomic mass is 9.87. The molecule has 2 aromatic rings. The van der Waals surface area contributed by atoms with Gasteiger partial charge < -0.3 is 49.7 Å². The summed E-state index contributed by atoms with van der Waals surface area (Å²) in [7, 11) is 1.71. The number of H-pyrrole nitrogens is 1. The molecule has 2 aliphatic rings. The third-order valence-electron chi connectivity index (χ3n) is 10.3. The maximum Gasteiger partial charge on any atom is 0.309 e. The Bertz CT molecular complexity index is 1610. The van der Waals surface area contributed by atoms with Crippen molar-refractivity contribution < 1.29 is 53.8 Å². The number of aliphatic hydroxyl groups excluding tert-OH is 1. The molecule has 54 heavy (non-hydrogen) atoms. The van der Waals surface area contributed by atoms with Crippen LogP contribution in [0.15, 0.2) is 66.4 Å². The van der Waals surface area contributed by atoms with E-state index in [0.717, 1.165) is 22.9 Å². The topological polar surface area (TPSA) is 200 Å². The van der Waals surface area contributed by atoms with Crippen LogP contribution in [0.3, 0.4) is 0 Å². The number of rotatable bonds is 13. The molecule has 300 valence electrons. The molecule has 6 N–H and O–H groups in total. The molecule has 3 unspecified atom stereocenters. The number of epoxide rings is 1. The van der Waals surface area contributed by atoms with Crippen LogP contribution < -0.4 is 5.32 Å². The van der Waals surface area contributed by atoms with Crippen molar-refractivity contribution in [1.82, 2.24) is 10.3 Å². The van der Waals surface area contributed by atoms with E-state index in [1.54, 1.807) is 51.3 Å². The monoisotopic (exact) mass is 756 g/mol. The number of nitrogens with one attached hydrogen (secondary N) is 2. The van der Waals surface area contributed by atoms with E-state index in [4.69, 9.17) is 28.8 Å². The Morgan fingerprint density at radius 2 is 1.93 bits per heavy atom. The fourth-order valence-corrected chi connectivity index (χ4v) is 7.11. The average Bonchev–Trinajstić information content (AvgIpc) is 3.74. The minimum Gasteiger partial charge on any atom is -0.483 e. The maximum atomic E-state index is 12.9. The van der Waals surface area contributed by atoms with Gasteiger partial charge in [-0.15, -0.1) is 0 Å². The quantitative estimate of drug-likeness (QED) is 0.0540. The summed E-state index contributed by atoms with van der Waals surface area (Å²) in [5.41, 5.74) is 0.0267. The SMILES string of the molecule is CC[C@H](OC)[C@@H](C)[C@H]1O[C@@H]1C(NCc1ccc2[nH]ccc2c1)C(C)(O)/C=C/C=C(\C)C1OC(=O)C[C@H](O)CC[C@@](C)(O)[C@@H](OC(C)=O)/C=C/[C@@H]1C.O=CO. The lowest BCUT2D eigenvalue weighted by Gasteiger charge is -2.32. The number of carbonyl (C=O) groups excluding carboxylic acids is 2. The molecule has 11 atom stereocenters. The van der Waals surface area contributed by atoms with E-state index in [-0.39, 0.29) is 55.9 Å². The number of fused-ring (bicyclic) bond motifs is 1. The highest BCUT2D eigenvalue weighted by Gasteiger charge is 2.54. The van der Waals surface area contributed by atoms with Gasteiger partial charge in [0.25, 0.3) is 6.47 Å². The first-order valence-corrected chi connectivity index (χ1v) is 18.6. The molecule has 1 saturated heterocycles. The van der Waals surface area contributed by atoms with Crippen molar-refractivity contribution in [3.8, 4) is 0 Å². The lowest BCUT2D eigenvalue weighted by Crippen LogP contribution is -2.52. The standard InChI is InChI=1S/C40H58N2O9.CH2O2/c1-9-32(48-8)26(4)36-37(51-36)38(42-23-28-13-14-31-29(21-28)17-20-41-31)40(7,47)18-10-11-24(2)35-25(3)12-15-33(49-27(5)43)39(6,46)19-16-30(44)22-34(45)50-35;2-1-3/h10-15,17-18,20-21,25-26,30,32-33,35-38,41-42,44,46-47H,9,16,19,22-23H2,1-8H3;1H,(H,2,3)/b15-12+,18-10+,24-11+;/t25-,26+,30+,32-,33-,35?,36+,37-,38?,39+,40?;/m0./s1. The Hall–Kier alpha value is -3.85. The van der Waals surface area contributed by atoms with Crippen LogP contribution in [0.4, 0.5) is 0 Å². The molecule has 0 aliphatic carbocycles. The van der Waals surface area contributed by atoms with Gasteiger partial charge in [-0.3, -0.25) is 14.4 Å².